The molecule has 0 amide bonds. The van der Waals surface area contributed by atoms with Gasteiger partial charge in [0.25, 0.3) is 5.69 Å². The molecule has 0 aliphatic heterocycles. The maximum atomic E-state index is 10.7. The van der Waals surface area contributed by atoms with E-state index in [0.717, 1.165) is 0 Å². The van der Waals surface area contributed by atoms with E-state index in [-0.39, 0.29) is 17.8 Å². The normalized spacial score (nSPS) is 10.4. The minimum atomic E-state index is -1.12. The number of hydrogen-bond donors (Lipinski definition) is 1. The van der Waals surface area contributed by atoms with Gasteiger partial charge >= 0.3 is 5.97 Å². The summed E-state index contributed by atoms with van der Waals surface area (Å²) in [7, 11) is 0. The number of aromatic nitrogens is 2. The zero-order valence-electron chi connectivity index (χ0n) is 9.24. The molecule has 0 radical (unpaired) electrons. The molecule has 0 saturated carbocycles. The number of hydrogen-bond acceptors (Lipinski definition) is 4. The number of benzene rings is 1. The van der Waals surface area contributed by atoms with Gasteiger partial charge in [-0.15, -0.1) is 0 Å². The smallest absolute Gasteiger partial charge is 0.332 e. The first-order valence-electron chi connectivity index (χ1n) is 5.00. The lowest BCUT2D eigenvalue weighted by molar-refractivity contribution is -0.384. The molecular formula is C11H9N3O4. The van der Waals surface area contributed by atoms with Crippen molar-refractivity contribution in [2.75, 3.05) is 0 Å². The van der Waals surface area contributed by atoms with Crippen LogP contribution >= 0.6 is 0 Å². The number of nitrogens with zero attached hydrogens (tertiary/aromatic N) is 3. The number of carbonyl (C=O) groups is 1. The fourth-order valence-corrected chi connectivity index (χ4v) is 1.55. The van der Waals surface area contributed by atoms with Gasteiger partial charge in [0.05, 0.1) is 28.8 Å². The highest BCUT2D eigenvalue weighted by atomic mass is 16.6. The molecule has 92 valence electrons. The first-order chi connectivity index (χ1) is 8.49. The third-order valence-electron chi connectivity index (χ3n) is 2.48. The number of aliphatic carboxylic acids is 1. The maximum Gasteiger partial charge on any atom is 0.332 e. The largest absolute Gasteiger partial charge is 0.478 e. The van der Waals surface area contributed by atoms with Gasteiger partial charge < -0.3 is 5.11 Å². The summed E-state index contributed by atoms with van der Waals surface area (Å²) in [5.41, 5.74) is 0.406. The number of fused-ring (bicyclic) bond motifs is 1. The summed E-state index contributed by atoms with van der Waals surface area (Å²) in [6.07, 6.45) is 1.52. The van der Waals surface area contributed by atoms with Crippen molar-refractivity contribution in [3.8, 4) is 0 Å². The van der Waals surface area contributed by atoms with Crippen molar-refractivity contribution in [3.63, 3.8) is 0 Å². The molecule has 0 aliphatic rings. The van der Waals surface area contributed by atoms with E-state index in [1.165, 1.54) is 23.0 Å². The highest BCUT2D eigenvalue weighted by Crippen LogP contribution is 2.21. The van der Waals surface area contributed by atoms with E-state index >= 15 is 0 Å². The van der Waals surface area contributed by atoms with E-state index in [1.807, 2.05) is 0 Å². The number of nitro benzene ring substituents is 1. The molecule has 1 N–H and O–H groups in total. The van der Waals surface area contributed by atoms with Crippen molar-refractivity contribution in [1.82, 2.24) is 9.78 Å². The van der Waals surface area contributed by atoms with Crippen molar-refractivity contribution in [1.29, 1.82) is 0 Å². The topological polar surface area (TPSA) is 98.3 Å². The SMILES string of the molecule is C=C(Cn1ncc2ccc([N+](=O)[O-])cc21)C(=O)O. The number of carboxylic acids is 1. The van der Waals surface area contributed by atoms with Gasteiger partial charge in [0.1, 0.15) is 0 Å². The number of non-ortho nitro benzene ring substituents is 1. The standard InChI is InChI=1S/C11H9N3O4/c1-7(11(15)16)6-13-10-4-9(14(17)18)3-2-8(10)5-12-13/h2-5H,1,6H2,(H,15,16). The maximum absolute atomic E-state index is 10.7. The van der Waals surface area contributed by atoms with Crippen LogP contribution in [0.2, 0.25) is 0 Å². The summed E-state index contributed by atoms with van der Waals surface area (Å²) in [6.45, 7) is 3.39. The molecule has 2 rings (SSSR count). The van der Waals surface area contributed by atoms with E-state index < -0.39 is 10.9 Å². The summed E-state index contributed by atoms with van der Waals surface area (Å²) in [5.74, 6) is -1.12. The molecular weight excluding hydrogens is 238 g/mol. The van der Waals surface area contributed by atoms with Crippen molar-refractivity contribution in [3.05, 3.63) is 46.7 Å². The summed E-state index contributed by atoms with van der Waals surface area (Å²) in [5, 5.41) is 24.1. The summed E-state index contributed by atoms with van der Waals surface area (Å²) in [4.78, 5) is 20.8. The molecule has 1 aromatic heterocycles. The first-order valence-corrected chi connectivity index (χ1v) is 5.00. The predicted molar refractivity (Wildman–Crippen MR) is 63.2 cm³/mol. The van der Waals surface area contributed by atoms with Crippen LogP contribution in [0.1, 0.15) is 0 Å². The van der Waals surface area contributed by atoms with Gasteiger partial charge in [-0.25, -0.2) is 4.79 Å². The Labute approximate surface area is 101 Å². The monoisotopic (exact) mass is 247 g/mol. The molecule has 7 nitrogen and oxygen atoms in total. The van der Waals surface area contributed by atoms with Crippen molar-refractivity contribution in [2.45, 2.75) is 6.54 Å². The molecule has 0 atom stereocenters. The highest BCUT2D eigenvalue weighted by Gasteiger charge is 2.12. The Kier molecular flexibility index (Phi) is 2.80. The molecule has 18 heavy (non-hydrogen) atoms. The second-order valence-corrected chi connectivity index (χ2v) is 3.71. The van der Waals surface area contributed by atoms with Crippen LogP contribution in [-0.4, -0.2) is 25.8 Å². The van der Waals surface area contributed by atoms with E-state index in [0.29, 0.717) is 10.9 Å². The van der Waals surface area contributed by atoms with Gasteiger partial charge in [-0.1, -0.05) is 6.58 Å². The third-order valence-corrected chi connectivity index (χ3v) is 2.48. The van der Waals surface area contributed by atoms with Gasteiger partial charge in [-0.05, 0) is 6.07 Å². The zero-order valence-corrected chi connectivity index (χ0v) is 9.24. The second-order valence-electron chi connectivity index (χ2n) is 3.71. The van der Waals surface area contributed by atoms with Crippen molar-refractivity contribution < 1.29 is 14.8 Å². The Bertz CT molecular complexity index is 659. The van der Waals surface area contributed by atoms with Gasteiger partial charge in [0.2, 0.25) is 0 Å². The van der Waals surface area contributed by atoms with E-state index in [2.05, 4.69) is 11.7 Å². The van der Waals surface area contributed by atoms with Gasteiger partial charge in [-0.3, -0.25) is 14.8 Å². The Morgan fingerprint density at radius 1 is 1.56 bits per heavy atom. The molecule has 0 saturated heterocycles. The molecule has 7 heteroatoms. The summed E-state index contributed by atoms with van der Waals surface area (Å²) < 4.78 is 1.37. The van der Waals surface area contributed by atoms with Crippen LogP contribution in [-0.2, 0) is 11.3 Å². The molecule has 0 spiro atoms. The number of carboxylic acid groups (broad SMARTS) is 1. The Hall–Kier alpha value is -2.70. The quantitative estimate of drug-likeness (QED) is 0.502. The fraction of sp³-hybridized carbons (Fsp3) is 0.0909. The van der Waals surface area contributed by atoms with E-state index in [1.54, 1.807) is 6.07 Å². The number of rotatable bonds is 4. The number of nitro groups is 1. The fourth-order valence-electron chi connectivity index (χ4n) is 1.55. The first kappa shape index (κ1) is 11.8. The average Bonchev–Trinajstić information content (AvgIpc) is 2.71. The Morgan fingerprint density at radius 2 is 2.28 bits per heavy atom. The van der Waals surface area contributed by atoms with Crippen LogP contribution < -0.4 is 0 Å². The van der Waals surface area contributed by atoms with Gasteiger partial charge in [0.15, 0.2) is 0 Å². The average molecular weight is 247 g/mol. The minimum Gasteiger partial charge on any atom is -0.478 e. The second kappa shape index (κ2) is 4.28. The van der Waals surface area contributed by atoms with E-state index in [9.17, 15) is 14.9 Å². The summed E-state index contributed by atoms with van der Waals surface area (Å²) >= 11 is 0. The highest BCUT2D eigenvalue weighted by molar-refractivity contribution is 5.86. The van der Waals surface area contributed by atoms with Crippen LogP contribution in [0.25, 0.3) is 10.9 Å². The van der Waals surface area contributed by atoms with Gasteiger partial charge in [-0.2, -0.15) is 5.10 Å². The van der Waals surface area contributed by atoms with Crippen LogP contribution in [0.15, 0.2) is 36.5 Å². The van der Waals surface area contributed by atoms with E-state index in [4.69, 9.17) is 5.11 Å². The molecule has 0 unspecified atom stereocenters. The lowest BCUT2D eigenvalue weighted by Gasteiger charge is -2.02. The molecule has 0 bridgehead atoms. The molecule has 1 aromatic carbocycles. The lowest BCUT2D eigenvalue weighted by atomic mass is 10.2. The summed E-state index contributed by atoms with van der Waals surface area (Å²) in [6, 6.07) is 4.30. The zero-order chi connectivity index (χ0) is 13.3. The van der Waals surface area contributed by atoms with Crippen LogP contribution in [0.3, 0.4) is 0 Å². The Balaban J connectivity index is 2.45. The van der Waals surface area contributed by atoms with Crippen LogP contribution in [0.5, 0.6) is 0 Å². The molecule has 1 heterocycles. The van der Waals surface area contributed by atoms with Crippen LogP contribution in [0.4, 0.5) is 5.69 Å². The lowest BCUT2D eigenvalue weighted by Crippen LogP contribution is -2.09. The van der Waals surface area contributed by atoms with Gasteiger partial charge in [0, 0.05) is 17.5 Å². The molecule has 2 aromatic rings. The third kappa shape index (κ3) is 2.05. The molecule has 0 aliphatic carbocycles. The Morgan fingerprint density at radius 3 is 2.89 bits per heavy atom. The predicted octanol–water partition coefficient (Wildman–Crippen LogP) is 1.59. The minimum absolute atomic E-state index is 0.0139. The van der Waals surface area contributed by atoms with Crippen molar-refractivity contribution >= 4 is 22.6 Å². The molecule has 0 fully saturated rings. The van der Waals surface area contributed by atoms with Crippen LogP contribution in [0, 0.1) is 10.1 Å². The van der Waals surface area contributed by atoms with Crippen molar-refractivity contribution in [2.24, 2.45) is 0 Å².